The molecule has 0 aromatic rings. The number of rotatable bonds is 13. The van der Waals surface area contributed by atoms with E-state index in [0.29, 0.717) is 16.9 Å². The first-order valence-electron chi connectivity index (χ1n) is 11.0. The molecule has 27 heavy (non-hydrogen) atoms. The van der Waals surface area contributed by atoms with Crippen molar-refractivity contribution in [2.24, 2.45) is 27.1 Å². The summed E-state index contributed by atoms with van der Waals surface area (Å²) < 4.78 is 5.85. The van der Waals surface area contributed by atoms with Crippen LogP contribution < -0.4 is 0 Å². The number of hydrogen-bond acceptors (Lipinski definition) is 3. The molecule has 1 heterocycles. The van der Waals surface area contributed by atoms with Gasteiger partial charge in [0.15, 0.2) is 5.84 Å². The van der Waals surface area contributed by atoms with Gasteiger partial charge in [-0.15, -0.1) is 10.2 Å². The van der Waals surface area contributed by atoms with Crippen molar-refractivity contribution in [3.63, 3.8) is 0 Å². The van der Waals surface area contributed by atoms with Gasteiger partial charge in [-0.3, -0.25) is 0 Å². The van der Waals surface area contributed by atoms with E-state index in [1.807, 2.05) is 7.11 Å². The molecule has 0 aromatic heterocycles. The van der Waals surface area contributed by atoms with Crippen LogP contribution in [0.25, 0.3) is 0 Å². The van der Waals surface area contributed by atoms with Crippen molar-refractivity contribution in [2.45, 2.75) is 97.0 Å². The molecule has 3 unspecified atom stereocenters. The molecule has 3 atom stereocenters. The van der Waals surface area contributed by atoms with Crippen LogP contribution >= 0.6 is 12.2 Å². The minimum absolute atomic E-state index is 0.244. The maximum atomic E-state index is 5.85. The second-order valence-electron chi connectivity index (χ2n) is 7.87. The van der Waals surface area contributed by atoms with Crippen molar-refractivity contribution in [3.05, 3.63) is 11.6 Å². The number of methoxy groups -OCH3 is 1. The number of azo groups is 1. The molecule has 1 aliphatic carbocycles. The van der Waals surface area contributed by atoms with Gasteiger partial charge in [0, 0.05) is 13.0 Å². The molecule has 0 bridgehead atoms. The highest BCUT2D eigenvalue weighted by molar-refractivity contribution is 7.80. The van der Waals surface area contributed by atoms with Gasteiger partial charge in [-0.05, 0) is 55.8 Å². The summed E-state index contributed by atoms with van der Waals surface area (Å²) in [5.74, 6) is 1.60. The smallest absolute Gasteiger partial charge is 0.241 e. The molecule has 0 fully saturated rings. The lowest BCUT2D eigenvalue weighted by atomic mass is 9.74. The highest BCUT2D eigenvalue weighted by Crippen LogP contribution is 2.38. The van der Waals surface area contributed by atoms with E-state index in [1.165, 1.54) is 50.5 Å². The first kappa shape index (κ1) is 22.4. The van der Waals surface area contributed by atoms with Crippen LogP contribution in [0.1, 0.15) is 90.9 Å². The number of allylic oxidation sites excluding steroid dienone is 1. The number of unbranched alkanes of at least 4 members (excludes halogenated alkanes) is 5. The highest BCUT2D eigenvalue weighted by Gasteiger charge is 2.34. The molecule has 5 heteroatoms. The van der Waals surface area contributed by atoms with Crippen LogP contribution in [0.15, 0.2) is 26.9 Å². The fourth-order valence-corrected chi connectivity index (χ4v) is 4.61. The number of thiocarbonyl (C=S) groups is 1. The predicted molar refractivity (Wildman–Crippen MR) is 118 cm³/mol. The monoisotopic (exact) mass is 391 g/mol. The average molecular weight is 392 g/mol. The van der Waals surface area contributed by atoms with Gasteiger partial charge in [0.1, 0.15) is 0 Å². The molecular formula is C22H37N3OS. The van der Waals surface area contributed by atoms with Gasteiger partial charge >= 0.3 is 0 Å². The van der Waals surface area contributed by atoms with Crippen LogP contribution in [0.3, 0.4) is 0 Å². The summed E-state index contributed by atoms with van der Waals surface area (Å²) in [7, 11) is 1.84. The second-order valence-corrected chi connectivity index (χ2v) is 8.24. The molecule has 0 aromatic carbocycles. The SMILES string of the molecule is CCCCCCCCC(C1=NC(=S)N=N1)C(CCC)C1=CCCCC1OC. The van der Waals surface area contributed by atoms with Crippen molar-refractivity contribution in [2.75, 3.05) is 7.11 Å². The number of nitrogens with zero attached hydrogens (tertiary/aromatic N) is 3. The van der Waals surface area contributed by atoms with E-state index in [4.69, 9.17) is 17.0 Å². The molecule has 0 amide bonds. The summed E-state index contributed by atoms with van der Waals surface area (Å²) in [5, 5.41) is 8.78. The highest BCUT2D eigenvalue weighted by atomic mass is 32.1. The maximum Gasteiger partial charge on any atom is 0.241 e. The van der Waals surface area contributed by atoms with Crippen LogP contribution in [0.4, 0.5) is 0 Å². The van der Waals surface area contributed by atoms with Crippen molar-refractivity contribution in [3.8, 4) is 0 Å². The van der Waals surface area contributed by atoms with Gasteiger partial charge in [0.2, 0.25) is 5.11 Å². The Balaban J connectivity index is 2.12. The minimum atomic E-state index is 0.244. The fourth-order valence-electron chi connectivity index (χ4n) is 4.47. The number of ether oxygens (including phenoxy) is 1. The molecule has 1 aliphatic heterocycles. The molecule has 0 N–H and O–H groups in total. The largest absolute Gasteiger partial charge is 0.377 e. The molecule has 2 aliphatic rings. The van der Waals surface area contributed by atoms with Crippen molar-refractivity contribution >= 4 is 23.2 Å². The van der Waals surface area contributed by atoms with Crippen LogP contribution in [0.5, 0.6) is 0 Å². The summed E-state index contributed by atoms with van der Waals surface area (Å²) in [6, 6.07) is 0. The Morgan fingerprint density at radius 2 is 1.81 bits per heavy atom. The summed E-state index contributed by atoms with van der Waals surface area (Å²) in [5.41, 5.74) is 1.47. The van der Waals surface area contributed by atoms with E-state index in [1.54, 1.807) is 0 Å². The van der Waals surface area contributed by atoms with Crippen LogP contribution in [0.2, 0.25) is 0 Å². The first-order valence-corrected chi connectivity index (χ1v) is 11.4. The zero-order valence-electron chi connectivity index (χ0n) is 17.5. The number of hydrogen-bond donors (Lipinski definition) is 0. The summed E-state index contributed by atoms with van der Waals surface area (Å²) in [6.45, 7) is 4.53. The molecule has 4 nitrogen and oxygen atoms in total. The third-order valence-electron chi connectivity index (χ3n) is 5.87. The minimum Gasteiger partial charge on any atom is -0.377 e. The Kier molecular flexibility index (Phi) is 10.4. The van der Waals surface area contributed by atoms with Gasteiger partial charge in [-0.1, -0.05) is 64.9 Å². The van der Waals surface area contributed by atoms with E-state index < -0.39 is 0 Å². The third-order valence-corrected chi connectivity index (χ3v) is 6.04. The van der Waals surface area contributed by atoms with E-state index in [9.17, 15) is 0 Å². The molecule has 0 saturated carbocycles. The summed E-state index contributed by atoms with van der Waals surface area (Å²) in [4.78, 5) is 4.51. The lowest BCUT2D eigenvalue weighted by Crippen LogP contribution is -2.31. The summed E-state index contributed by atoms with van der Waals surface area (Å²) in [6.07, 6.45) is 17.4. The molecule has 0 saturated heterocycles. The third kappa shape index (κ3) is 6.86. The van der Waals surface area contributed by atoms with E-state index in [2.05, 4.69) is 35.1 Å². The van der Waals surface area contributed by atoms with E-state index >= 15 is 0 Å². The van der Waals surface area contributed by atoms with Crippen molar-refractivity contribution in [1.29, 1.82) is 0 Å². The Bertz CT molecular complexity index is 556. The standard InChI is InChI=1S/C22H37N3OS/c1-4-6-7-8-9-10-15-19(21-23-22(27)25-24-21)17(13-5-2)18-14-11-12-16-20(18)26-3/h14,17,19-20H,4-13,15-16H2,1-3H3. The number of amidine groups is 1. The van der Waals surface area contributed by atoms with Crippen molar-refractivity contribution in [1.82, 2.24) is 0 Å². The van der Waals surface area contributed by atoms with E-state index in [0.717, 1.165) is 37.9 Å². The first-order chi connectivity index (χ1) is 13.2. The Morgan fingerprint density at radius 1 is 1.04 bits per heavy atom. The Morgan fingerprint density at radius 3 is 2.48 bits per heavy atom. The summed E-state index contributed by atoms with van der Waals surface area (Å²) >= 11 is 5.16. The van der Waals surface area contributed by atoms with Crippen molar-refractivity contribution < 1.29 is 4.74 Å². The Hall–Kier alpha value is -0.940. The Labute approximate surface area is 171 Å². The van der Waals surface area contributed by atoms with Gasteiger partial charge in [-0.25, -0.2) is 0 Å². The van der Waals surface area contributed by atoms with Crippen LogP contribution in [-0.2, 0) is 4.74 Å². The second kappa shape index (κ2) is 12.5. The van der Waals surface area contributed by atoms with Gasteiger partial charge in [0.05, 0.1) is 6.10 Å². The van der Waals surface area contributed by atoms with Gasteiger partial charge in [0.25, 0.3) is 0 Å². The zero-order valence-corrected chi connectivity index (χ0v) is 18.3. The number of aliphatic imine (C=N–C) groups is 1. The average Bonchev–Trinajstić information content (AvgIpc) is 3.12. The lowest BCUT2D eigenvalue weighted by Gasteiger charge is -2.34. The van der Waals surface area contributed by atoms with E-state index in [-0.39, 0.29) is 6.10 Å². The quantitative estimate of drug-likeness (QED) is 0.192. The predicted octanol–water partition coefficient (Wildman–Crippen LogP) is 7.04. The normalized spacial score (nSPS) is 21.9. The maximum absolute atomic E-state index is 5.85. The molecule has 0 spiro atoms. The molecule has 2 rings (SSSR count). The van der Waals surface area contributed by atoms with Crippen LogP contribution in [0, 0.1) is 11.8 Å². The molecular weight excluding hydrogens is 354 g/mol. The lowest BCUT2D eigenvalue weighted by molar-refractivity contribution is 0.103. The fraction of sp³-hybridized carbons (Fsp3) is 0.818. The topological polar surface area (TPSA) is 46.3 Å². The van der Waals surface area contributed by atoms with Gasteiger partial charge < -0.3 is 4.74 Å². The zero-order chi connectivity index (χ0) is 19.5. The van der Waals surface area contributed by atoms with Crippen LogP contribution in [-0.4, -0.2) is 24.2 Å². The molecule has 0 radical (unpaired) electrons. The molecule has 152 valence electrons. The van der Waals surface area contributed by atoms with Gasteiger partial charge in [-0.2, -0.15) is 4.99 Å².